The summed E-state index contributed by atoms with van der Waals surface area (Å²) in [5.41, 5.74) is -1.32. The quantitative estimate of drug-likeness (QED) is 0.567. The minimum Gasteiger partial charge on any atom is -0.502 e. The topological polar surface area (TPSA) is 91.6 Å². The molecule has 0 bridgehead atoms. The Labute approximate surface area is 196 Å². The Kier molecular flexibility index (Phi) is 6.34. The molecule has 180 valence electrons. The van der Waals surface area contributed by atoms with Gasteiger partial charge in [0.15, 0.2) is 16.5 Å². The summed E-state index contributed by atoms with van der Waals surface area (Å²) in [7, 11) is 0. The van der Waals surface area contributed by atoms with E-state index in [4.69, 9.17) is 0 Å². The van der Waals surface area contributed by atoms with Crippen LogP contribution < -0.4 is 10.4 Å². The van der Waals surface area contributed by atoms with Gasteiger partial charge < -0.3 is 10.0 Å². The maximum Gasteiger partial charge on any atom is 0.278 e. The van der Waals surface area contributed by atoms with Crippen molar-refractivity contribution in [2.75, 3.05) is 18.1 Å². The minimum atomic E-state index is -1.05. The first kappa shape index (κ1) is 23.7. The number of nitrogens with zero attached hydrogens (tertiary/aromatic N) is 5. The van der Waals surface area contributed by atoms with Crippen molar-refractivity contribution in [3.05, 3.63) is 62.3 Å². The van der Waals surface area contributed by atoms with Crippen LogP contribution >= 0.6 is 11.3 Å². The van der Waals surface area contributed by atoms with Gasteiger partial charge in [0.05, 0.1) is 5.56 Å². The van der Waals surface area contributed by atoms with Gasteiger partial charge in [0.25, 0.3) is 5.91 Å². The zero-order valence-corrected chi connectivity index (χ0v) is 19.5. The Hall–Kier alpha value is -3.41. The zero-order valence-electron chi connectivity index (χ0n) is 18.7. The van der Waals surface area contributed by atoms with Crippen LogP contribution in [0, 0.1) is 17.5 Å². The van der Waals surface area contributed by atoms with Crippen LogP contribution in [0.25, 0.3) is 10.6 Å². The van der Waals surface area contributed by atoms with Crippen molar-refractivity contribution in [1.82, 2.24) is 19.8 Å². The number of rotatable bonds is 6. The summed E-state index contributed by atoms with van der Waals surface area (Å²) in [6.07, 6.45) is 1.55. The maximum atomic E-state index is 14.0. The fourth-order valence-electron chi connectivity index (χ4n) is 4.05. The van der Waals surface area contributed by atoms with Gasteiger partial charge >= 0.3 is 0 Å². The number of halogens is 3. The van der Waals surface area contributed by atoms with Crippen LogP contribution in [0.15, 0.2) is 23.1 Å². The highest BCUT2D eigenvalue weighted by molar-refractivity contribution is 7.14. The first-order chi connectivity index (χ1) is 16.2. The Balaban J connectivity index is 1.78. The average Bonchev–Trinajstić information content (AvgIpc) is 3.24. The van der Waals surface area contributed by atoms with Crippen LogP contribution in [-0.4, -0.2) is 50.0 Å². The molecule has 8 nitrogen and oxygen atoms in total. The second-order valence-corrected chi connectivity index (χ2v) is 8.89. The molecular weight excluding hydrogens is 471 g/mol. The normalized spacial score (nSPS) is 15.7. The number of carbonyl (C=O) groups excluding carboxylic acids is 1. The summed E-state index contributed by atoms with van der Waals surface area (Å²) < 4.78 is 42.7. The molecule has 0 saturated carbocycles. The highest BCUT2D eigenvalue weighted by Gasteiger charge is 2.37. The Bertz CT molecular complexity index is 1300. The highest BCUT2D eigenvalue weighted by Crippen LogP contribution is 2.30. The monoisotopic (exact) mass is 493 g/mol. The Morgan fingerprint density at radius 2 is 1.79 bits per heavy atom. The number of benzene rings is 1. The second kappa shape index (κ2) is 9.09. The largest absolute Gasteiger partial charge is 0.502 e. The van der Waals surface area contributed by atoms with E-state index >= 15 is 0 Å². The molecular formula is C22H22F3N5O3S. The number of aromatic hydroxyl groups is 1. The summed E-state index contributed by atoms with van der Waals surface area (Å²) in [5, 5.41) is 20.7. The number of aromatic nitrogens is 3. The van der Waals surface area contributed by atoms with Gasteiger partial charge in [-0.15, -0.1) is 10.2 Å². The van der Waals surface area contributed by atoms with E-state index in [-0.39, 0.29) is 39.4 Å². The predicted molar refractivity (Wildman–Crippen MR) is 120 cm³/mol. The van der Waals surface area contributed by atoms with Crippen molar-refractivity contribution < 1.29 is 23.1 Å². The Morgan fingerprint density at radius 1 is 1.12 bits per heavy atom. The predicted octanol–water partition coefficient (Wildman–Crippen LogP) is 3.25. The fourth-order valence-corrected chi connectivity index (χ4v) is 4.91. The van der Waals surface area contributed by atoms with Crippen molar-refractivity contribution in [1.29, 1.82) is 0 Å². The van der Waals surface area contributed by atoms with Gasteiger partial charge in [-0.2, -0.15) is 0 Å². The summed E-state index contributed by atoms with van der Waals surface area (Å²) >= 11 is 0.910. The molecule has 1 N–H and O–H groups in total. The SMILES string of the molecule is CCCN1[C@H](C)N(CC)C(=O)c2c(O)c(=O)c(-c3nnc(Cc4c(F)cc(F)cc4F)s3)cn21. The summed E-state index contributed by atoms with van der Waals surface area (Å²) in [5.74, 6) is -4.31. The summed E-state index contributed by atoms with van der Waals surface area (Å²) in [6, 6.07) is 1.16. The van der Waals surface area contributed by atoms with Crippen LogP contribution in [0.4, 0.5) is 13.2 Å². The molecule has 3 aromatic rings. The number of hydrogen-bond acceptors (Lipinski definition) is 7. The van der Waals surface area contributed by atoms with Crippen molar-refractivity contribution >= 4 is 17.2 Å². The van der Waals surface area contributed by atoms with Crippen LogP contribution in [0.3, 0.4) is 0 Å². The standard InChI is InChI=1S/C22H22F3N5O3S/c1-4-6-29-11(3)28(5-2)22(33)18-20(32)19(31)14(10-30(18)29)21-27-26-17(34-21)9-13-15(24)7-12(23)8-16(13)25/h7-8,10-11,32H,4-6,9H2,1-3H3/t11-/m1/s1. The van der Waals surface area contributed by atoms with Crippen LogP contribution in [0.2, 0.25) is 0 Å². The van der Waals surface area contributed by atoms with E-state index in [0.29, 0.717) is 25.2 Å². The molecule has 4 rings (SSSR count). The second-order valence-electron chi connectivity index (χ2n) is 7.83. The molecule has 0 aliphatic carbocycles. The van der Waals surface area contributed by atoms with Crippen LogP contribution in [0.5, 0.6) is 5.75 Å². The lowest BCUT2D eigenvalue weighted by atomic mass is 10.1. The van der Waals surface area contributed by atoms with E-state index < -0.39 is 34.5 Å². The smallest absolute Gasteiger partial charge is 0.278 e. The van der Waals surface area contributed by atoms with Crippen molar-refractivity contribution in [2.24, 2.45) is 0 Å². The zero-order chi connectivity index (χ0) is 24.7. The third-order valence-electron chi connectivity index (χ3n) is 5.71. The van der Waals surface area contributed by atoms with Crippen LogP contribution in [0.1, 0.15) is 48.3 Å². The lowest BCUT2D eigenvalue weighted by Crippen LogP contribution is -2.60. The van der Waals surface area contributed by atoms with Gasteiger partial charge in [0.1, 0.15) is 28.6 Å². The molecule has 0 fully saturated rings. The first-order valence-corrected chi connectivity index (χ1v) is 11.5. The molecule has 0 radical (unpaired) electrons. The molecule has 1 atom stereocenters. The molecule has 1 aliphatic rings. The van der Waals surface area contributed by atoms with Gasteiger partial charge in [-0.05, 0) is 20.3 Å². The van der Waals surface area contributed by atoms with Gasteiger partial charge in [-0.25, -0.2) is 13.2 Å². The third kappa shape index (κ3) is 3.91. The van der Waals surface area contributed by atoms with E-state index in [0.717, 1.165) is 17.8 Å². The van der Waals surface area contributed by atoms with Gasteiger partial charge in [-0.1, -0.05) is 18.3 Å². The Morgan fingerprint density at radius 3 is 2.41 bits per heavy atom. The number of fused-ring (bicyclic) bond motifs is 1. The lowest BCUT2D eigenvalue weighted by molar-refractivity contribution is 0.0602. The molecule has 1 amide bonds. The number of hydrogen-bond donors (Lipinski definition) is 1. The van der Waals surface area contributed by atoms with Gasteiger partial charge in [0, 0.05) is 43.4 Å². The van der Waals surface area contributed by atoms with E-state index in [2.05, 4.69) is 10.2 Å². The van der Waals surface area contributed by atoms with E-state index in [1.54, 1.807) is 4.90 Å². The number of pyridine rings is 1. The maximum absolute atomic E-state index is 14.0. The van der Waals surface area contributed by atoms with Crippen molar-refractivity contribution in [2.45, 2.75) is 39.8 Å². The molecule has 2 aromatic heterocycles. The van der Waals surface area contributed by atoms with Crippen LogP contribution in [-0.2, 0) is 6.42 Å². The molecule has 1 aliphatic heterocycles. The average molecular weight is 494 g/mol. The number of amides is 1. The highest BCUT2D eigenvalue weighted by atomic mass is 32.1. The van der Waals surface area contributed by atoms with Crippen molar-refractivity contribution in [3.63, 3.8) is 0 Å². The van der Waals surface area contributed by atoms with Gasteiger partial charge in [0.2, 0.25) is 5.43 Å². The third-order valence-corrected chi connectivity index (χ3v) is 6.67. The molecule has 0 saturated heterocycles. The molecule has 34 heavy (non-hydrogen) atoms. The molecule has 0 spiro atoms. The summed E-state index contributed by atoms with van der Waals surface area (Å²) in [6.45, 7) is 6.57. The number of carbonyl (C=O) groups is 1. The van der Waals surface area contributed by atoms with E-state index in [1.165, 1.54) is 10.9 Å². The van der Waals surface area contributed by atoms with E-state index in [1.807, 2.05) is 25.8 Å². The molecule has 3 heterocycles. The van der Waals surface area contributed by atoms with Crippen molar-refractivity contribution in [3.8, 4) is 16.3 Å². The summed E-state index contributed by atoms with van der Waals surface area (Å²) in [4.78, 5) is 27.5. The lowest BCUT2D eigenvalue weighted by Gasteiger charge is -2.44. The molecule has 1 aromatic carbocycles. The first-order valence-electron chi connectivity index (χ1n) is 10.7. The fraction of sp³-hybridized carbons (Fsp3) is 0.364. The van der Waals surface area contributed by atoms with Gasteiger partial charge in [-0.3, -0.25) is 19.3 Å². The molecule has 0 unspecified atom stereocenters. The van der Waals surface area contributed by atoms with E-state index in [9.17, 15) is 27.9 Å². The minimum absolute atomic E-state index is 0.00361. The molecule has 12 heteroatoms.